The van der Waals surface area contributed by atoms with E-state index in [4.69, 9.17) is 5.73 Å². The minimum absolute atomic E-state index is 0.0660. The van der Waals surface area contributed by atoms with Crippen molar-refractivity contribution in [3.63, 3.8) is 0 Å². The quantitative estimate of drug-likeness (QED) is 0.478. The van der Waals surface area contributed by atoms with Gasteiger partial charge in [0.2, 0.25) is 0 Å². The smallest absolute Gasteiger partial charge is 0.251 e. The molecule has 184 valence electrons. The van der Waals surface area contributed by atoms with Crippen LogP contribution in [0.5, 0.6) is 0 Å². The second-order valence-corrected chi connectivity index (χ2v) is 9.42. The summed E-state index contributed by atoms with van der Waals surface area (Å²) in [6.07, 6.45) is 6.78. The number of aromatic amines is 1. The maximum Gasteiger partial charge on any atom is 0.251 e. The molecule has 1 aliphatic heterocycles. The number of nitrogens with zero attached hydrogens (tertiary/aromatic N) is 4. The average Bonchev–Trinajstić information content (AvgIpc) is 3.38. The average molecular weight is 469 g/mol. The fourth-order valence-electron chi connectivity index (χ4n) is 5.25. The first-order valence-corrected chi connectivity index (χ1v) is 12.4. The highest BCUT2D eigenvalue weighted by Crippen LogP contribution is 2.36. The van der Waals surface area contributed by atoms with Crippen LogP contribution in [0, 0.1) is 0 Å². The molecule has 0 amide bonds. The number of hydrogen-bond donors (Lipinski definition) is 2. The zero-order valence-electron chi connectivity index (χ0n) is 20.5. The first-order valence-electron chi connectivity index (χ1n) is 12.4. The molecule has 4 rings (SSSR count). The Morgan fingerprint density at radius 2 is 2.03 bits per heavy atom. The molecule has 0 radical (unpaired) electrons. The van der Waals surface area contributed by atoms with Crippen molar-refractivity contribution in [3.8, 4) is 0 Å². The van der Waals surface area contributed by atoms with E-state index in [1.165, 1.54) is 17.4 Å². The van der Waals surface area contributed by atoms with Crippen LogP contribution in [0.25, 0.3) is 0 Å². The highest BCUT2D eigenvalue weighted by atomic mass is 19.1. The second-order valence-electron chi connectivity index (χ2n) is 9.42. The molecule has 3 heterocycles. The van der Waals surface area contributed by atoms with Crippen LogP contribution in [0.2, 0.25) is 0 Å². The van der Waals surface area contributed by atoms with E-state index in [0.29, 0.717) is 17.7 Å². The largest absolute Gasteiger partial charge is 0.368 e. The fraction of sp³-hybridized carbons (Fsp3) is 0.538. The molecule has 3 N–H and O–H groups in total. The number of pyridine rings is 2. The second kappa shape index (κ2) is 10.7. The van der Waals surface area contributed by atoms with Crippen molar-refractivity contribution >= 4 is 5.69 Å². The van der Waals surface area contributed by atoms with E-state index < -0.39 is 6.17 Å². The van der Waals surface area contributed by atoms with E-state index >= 15 is 0 Å². The van der Waals surface area contributed by atoms with Gasteiger partial charge in [0, 0.05) is 56.4 Å². The van der Waals surface area contributed by atoms with Gasteiger partial charge in [-0.05, 0) is 56.9 Å². The molecule has 0 bridgehead atoms. The molecule has 7 nitrogen and oxygen atoms in total. The van der Waals surface area contributed by atoms with Crippen molar-refractivity contribution in [1.82, 2.24) is 19.8 Å². The third-order valence-electron chi connectivity index (χ3n) is 7.50. The number of nitrogens with two attached hydrogens (primary N) is 1. The normalized spacial score (nSPS) is 22.7. The molecule has 2 aromatic rings. The summed E-state index contributed by atoms with van der Waals surface area (Å²) < 4.78 is 13.8. The van der Waals surface area contributed by atoms with Crippen molar-refractivity contribution in [2.45, 2.75) is 57.7 Å². The number of H-pyrrole nitrogens is 1. The minimum Gasteiger partial charge on any atom is -0.368 e. The van der Waals surface area contributed by atoms with Gasteiger partial charge in [0.15, 0.2) is 5.95 Å². The van der Waals surface area contributed by atoms with Gasteiger partial charge in [0.1, 0.15) is 6.17 Å². The van der Waals surface area contributed by atoms with Gasteiger partial charge in [-0.15, -0.1) is 0 Å². The number of hydrogen-bond acceptors (Lipinski definition) is 6. The Morgan fingerprint density at radius 3 is 2.65 bits per heavy atom. The number of rotatable bonds is 7. The Kier molecular flexibility index (Phi) is 7.68. The van der Waals surface area contributed by atoms with Crippen molar-refractivity contribution in [2.24, 2.45) is 5.73 Å². The molecule has 2 aliphatic rings. The Labute approximate surface area is 201 Å². The number of nitrogens with one attached hydrogen (secondary N) is 1. The molecule has 34 heavy (non-hydrogen) atoms. The number of halogens is 1. The zero-order chi connectivity index (χ0) is 24.2. The monoisotopic (exact) mass is 468 g/mol. The Morgan fingerprint density at radius 1 is 1.26 bits per heavy atom. The zero-order valence-corrected chi connectivity index (χ0v) is 20.5. The molecule has 0 aromatic carbocycles. The van der Waals surface area contributed by atoms with E-state index in [2.05, 4.69) is 25.8 Å². The Bertz CT molecular complexity index is 1040. The van der Waals surface area contributed by atoms with Crippen molar-refractivity contribution < 1.29 is 4.39 Å². The molecular formula is C26H37FN6O. The summed E-state index contributed by atoms with van der Waals surface area (Å²) in [5.41, 5.74) is 9.88. The van der Waals surface area contributed by atoms with E-state index in [9.17, 15) is 9.18 Å². The van der Waals surface area contributed by atoms with Gasteiger partial charge in [0.05, 0.1) is 17.6 Å². The van der Waals surface area contributed by atoms with Crippen LogP contribution in [0.1, 0.15) is 62.1 Å². The van der Waals surface area contributed by atoms with Gasteiger partial charge < -0.3 is 20.5 Å². The maximum absolute atomic E-state index is 13.8. The van der Waals surface area contributed by atoms with Crippen LogP contribution >= 0.6 is 0 Å². The van der Waals surface area contributed by atoms with Crippen LogP contribution in [0.4, 0.5) is 10.1 Å². The number of aromatic nitrogens is 2. The number of piperazine rings is 1. The molecule has 2 aromatic heterocycles. The van der Waals surface area contributed by atoms with Gasteiger partial charge in [0.25, 0.3) is 5.56 Å². The predicted octanol–water partition coefficient (Wildman–Crippen LogP) is 3.51. The molecule has 3 atom stereocenters. The number of aryl methyl sites for hydroxylation is 1. The molecule has 1 saturated carbocycles. The highest BCUT2D eigenvalue weighted by molar-refractivity contribution is 5.45. The van der Waals surface area contributed by atoms with E-state index in [1.807, 2.05) is 31.3 Å². The summed E-state index contributed by atoms with van der Waals surface area (Å²) in [5, 5.41) is 0. The number of allylic oxidation sites excluding steroid dienone is 1. The van der Waals surface area contributed by atoms with Crippen molar-refractivity contribution in [2.75, 3.05) is 38.1 Å². The summed E-state index contributed by atoms with van der Waals surface area (Å²) in [7, 11) is 1.63. The van der Waals surface area contributed by atoms with Crippen molar-refractivity contribution in [1.29, 1.82) is 0 Å². The first kappa shape index (κ1) is 24.4. The standard InChI is InChI=1S/C26H37FN6O/c1-4-18-7-10-22(30-26(18)34)19-6-8-20(16-19)32-12-14-33(15-13-32)21-9-11-23(29-17-21)25(28)31(3)24(27)5-2/h5,7,9-11,17,19-20,25H,4,6,8,12-16,28H2,1-3H3,(H,30,34)/b24-5+/t19-,20+,25?/m1/s1. The lowest BCUT2D eigenvalue weighted by molar-refractivity contribution is 0.186. The van der Waals surface area contributed by atoms with Crippen LogP contribution < -0.4 is 16.2 Å². The Hall–Kier alpha value is -2.71. The van der Waals surface area contributed by atoms with E-state index in [1.54, 1.807) is 14.0 Å². The van der Waals surface area contributed by atoms with Crippen LogP contribution in [0.3, 0.4) is 0 Å². The molecule has 1 aliphatic carbocycles. The third-order valence-corrected chi connectivity index (χ3v) is 7.50. The first-order chi connectivity index (χ1) is 16.4. The summed E-state index contributed by atoms with van der Waals surface area (Å²) in [6, 6.07) is 8.58. The van der Waals surface area contributed by atoms with Gasteiger partial charge >= 0.3 is 0 Å². The third kappa shape index (κ3) is 5.18. The number of anilines is 1. The highest BCUT2D eigenvalue weighted by Gasteiger charge is 2.32. The lowest BCUT2D eigenvalue weighted by atomic mass is 10.0. The van der Waals surface area contributed by atoms with E-state index in [0.717, 1.165) is 62.4 Å². The molecule has 2 fully saturated rings. The SMILES string of the molecule is C/C=C(\F)N(C)C(N)c1ccc(N2CCN([C@H]3CC[C@@H](c4ccc(CC)c(=O)[nH]4)C3)CC2)cn1. The summed E-state index contributed by atoms with van der Waals surface area (Å²) in [4.78, 5) is 26.2. The molecule has 0 spiro atoms. The fourth-order valence-corrected chi connectivity index (χ4v) is 5.25. The summed E-state index contributed by atoms with van der Waals surface area (Å²) in [6.45, 7) is 7.58. The molecule has 8 heteroatoms. The Balaban J connectivity index is 1.30. The van der Waals surface area contributed by atoms with Crippen LogP contribution in [-0.4, -0.2) is 59.0 Å². The van der Waals surface area contributed by atoms with E-state index in [-0.39, 0.29) is 11.5 Å². The summed E-state index contributed by atoms with van der Waals surface area (Å²) in [5.74, 6) is 0.0705. The molecule has 1 saturated heterocycles. The van der Waals surface area contributed by atoms with Gasteiger partial charge in [-0.25, -0.2) is 0 Å². The topological polar surface area (TPSA) is 81.5 Å². The van der Waals surface area contributed by atoms with Gasteiger partial charge in [-0.1, -0.05) is 13.0 Å². The minimum atomic E-state index is -0.620. The van der Waals surface area contributed by atoms with Gasteiger partial charge in [-0.2, -0.15) is 4.39 Å². The summed E-state index contributed by atoms with van der Waals surface area (Å²) >= 11 is 0. The van der Waals surface area contributed by atoms with Gasteiger partial charge in [-0.3, -0.25) is 14.7 Å². The van der Waals surface area contributed by atoms with Crippen LogP contribution in [-0.2, 0) is 6.42 Å². The van der Waals surface area contributed by atoms with Crippen LogP contribution in [0.15, 0.2) is 47.3 Å². The van der Waals surface area contributed by atoms with Crippen molar-refractivity contribution in [3.05, 3.63) is 69.8 Å². The predicted molar refractivity (Wildman–Crippen MR) is 134 cm³/mol. The lowest BCUT2D eigenvalue weighted by Gasteiger charge is -2.39. The lowest BCUT2D eigenvalue weighted by Crippen LogP contribution is -2.49. The maximum atomic E-state index is 13.8. The molecular weight excluding hydrogens is 431 g/mol. The molecule has 1 unspecified atom stereocenters.